The minimum Gasteiger partial charge on any atom is -0.614 e. The molecule has 7 nitrogen and oxygen atoms in total. The molecular formula is C17H17BrN2O5S. The molecule has 138 valence electrons. The predicted molar refractivity (Wildman–Crippen MR) is 98.6 cm³/mol. The van der Waals surface area contributed by atoms with Crippen molar-refractivity contribution in [2.24, 2.45) is 0 Å². The van der Waals surface area contributed by atoms with E-state index < -0.39 is 34.5 Å². The molecule has 26 heavy (non-hydrogen) atoms. The number of carbonyl (C=O) groups excluding carboxylic acids is 3. The number of hydrogen-bond acceptors (Lipinski definition) is 5. The second kappa shape index (κ2) is 7.81. The molecule has 1 saturated heterocycles. The van der Waals surface area contributed by atoms with E-state index in [0.717, 1.165) is 5.56 Å². The van der Waals surface area contributed by atoms with E-state index in [4.69, 9.17) is 4.74 Å². The summed E-state index contributed by atoms with van der Waals surface area (Å²) in [5.41, 5.74) is 1.48. The van der Waals surface area contributed by atoms with Crippen LogP contribution in [0.25, 0.3) is 0 Å². The van der Waals surface area contributed by atoms with Gasteiger partial charge in [-0.1, -0.05) is 46.3 Å². The lowest BCUT2D eigenvalue weighted by atomic mass is 10.0. The van der Waals surface area contributed by atoms with Crippen LogP contribution in [0.2, 0.25) is 0 Å². The molecule has 3 rings (SSSR count). The third-order valence-electron chi connectivity index (χ3n) is 4.27. The predicted octanol–water partition coefficient (Wildman–Crippen LogP) is 0.466. The Bertz CT molecular complexity index is 770. The van der Waals surface area contributed by atoms with Gasteiger partial charge in [0.2, 0.25) is 11.3 Å². The fourth-order valence-electron chi connectivity index (χ4n) is 3.05. The van der Waals surface area contributed by atoms with Gasteiger partial charge in [0.05, 0.1) is 13.5 Å². The quantitative estimate of drug-likeness (QED) is 0.310. The van der Waals surface area contributed by atoms with E-state index in [1.807, 2.05) is 30.3 Å². The van der Waals surface area contributed by atoms with Crippen LogP contribution in [0.4, 0.5) is 0 Å². The van der Waals surface area contributed by atoms with Gasteiger partial charge in [0.15, 0.2) is 6.04 Å². The molecule has 1 aromatic rings. The van der Waals surface area contributed by atoms with Crippen LogP contribution >= 0.6 is 15.9 Å². The fraction of sp³-hybridized carbons (Fsp3) is 0.353. The third kappa shape index (κ3) is 3.38. The third-order valence-corrected chi connectivity index (χ3v) is 6.60. The van der Waals surface area contributed by atoms with Gasteiger partial charge in [-0.3, -0.25) is 14.5 Å². The summed E-state index contributed by atoms with van der Waals surface area (Å²) in [6.07, 6.45) is 0.121. The number of benzene rings is 1. The second-order valence-electron chi connectivity index (χ2n) is 5.91. The molecule has 0 radical (unpaired) electrons. The van der Waals surface area contributed by atoms with E-state index in [9.17, 15) is 18.9 Å². The Morgan fingerprint density at radius 2 is 2.08 bits per heavy atom. The topological polar surface area (TPSA) is 98.8 Å². The molecule has 1 aromatic carbocycles. The van der Waals surface area contributed by atoms with Gasteiger partial charge in [-0.2, -0.15) is 0 Å². The number of methoxy groups -OCH3 is 1. The molecule has 3 atom stereocenters. The van der Waals surface area contributed by atoms with Crippen LogP contribution in [0, 0.1) is 0 Å². The highest BCUT2D eigenvalue weighted by atomic mass is 79.9. The fourth-order valence-corrected chi connectivity index (χ4v) is 5.46. The molecule has 0 saturated carbocycles. The first-order chi connectivity index (χ1) is 12.5. The van der Waals surface area contributed by atoms with E-state index in [0.29, 0.717) is 10.9 Å². The van der Waals surface area contributed by atoms with Crippen molar-refractivity contribution in [1.29, 1.82) is 0 Å². The van der Waals surface area contributed by atoms with Crippen molar-refractivity contribution in [1.82, 2.24) is 10.2 Å². The first-order valence-electron chi connectivity index (χ1n) is 7.87. The maximum absolute atomic E-state index is 12.5. The van der Waals surface area contributed by atoms with E-state index in [1.165, 1.54) is 12.0 Å². The van der Waals surface area contributed by atoms with Crippen molar-refractivity contribution in [2.75, 3.05) is 18.2 Å². The van der Waals surface area contributed by atoms with Gasteiger partial charge in [0.1, 0.15) is 11.4 Å². The number of esters is 1. The smallest absolute Gasteiger partial charge is 0.355 e. The summed E-state index contributed by atoms with van der Waals surface area (Å²) in [4.78, 5) is 38.0. The summed E-state index contributed by atoms with van der Waals surface area (Å²) in [7, 11) is 1.23. The average molecular weight is 441 g/mol. The Labute approximate surface area is 162 Å². The van der Waals surface area contributed by atoms with Gasteiger partial charge in [-0.25, -0.2) is 4.79 Å². The first kappa shape index (κ1) is 18.9. The molecule has 1 N–H and O–H groups in total. The van der Waals surface area contributed by atoms with Crippen LogP contribution in [0.15, 0.2) is 41.6 Å². The van der Waals surface area contributed by atoms with Crippen molar-refractivity contribution in [3.63, 3.8) is 0 Å². The maximum atomic E-state index is 12.5. The van der Waals surface area contributed by atoms with Crippen molar-refractivity contribution in [3.05, 3.63) is 47.2 Å². The molecule has 2 unspecified atom stereocenters. The zero-order valence-electron chi connectivity index (χ0n) is 13.9. The zero-order valence-corrected chi connectivity index (χ0v) is 16.3. The summed E-state index contributed by atoms with van der Waals surface area (Å²) in [5, 5.41) is 2.20. The van der Waals surface area contributed by atoms with Crippen LogP contribution in [0.5, 0.6) is 0 Å². The average Bonchev–Trinajstić information content (AvgIpc) is 2.65. The maximum Gasteiger partial charge on any atom is 0.355 e. The zero-order chi connectivity index (χ0) is 18.8. The van der Waals surface area contributed by atoms with Crippen LogP contribution in [0.1, 0.15) is 5.56 Å². The molecule has 0 spiro atoms. The molecule has 2 aliphatic rings. The highest BCUT2D eigenvalue weighted by molar-refractivity contribution is 9.09. The number of halogens is 1. The van der Waals surface area contributed by atoms with Gasteiger partial charge in [0, 0.05) is 10.9 Å². The van der Waals surface area contributed by atoms with E-state index in [-0.39, 0.29) is 23.8 Å². The molecule has 0 bridgehead atoms. The lowest BCUT2D eigenvalue weighted by Crippen LogP contribution is -2.75. The molecule has 9 heteroatoms. The Hall–Kier alpha value is -1.84. The minimum absolute atomic E-state index is 0.118. The standard InChI is InChI=1S/C17H17BrN2O5S/c1-25-17(23)14-11(8-18)9-26(24)16-13(15(22)20(14)16)19-12(21)7-10-5-3-2-4-6-10/h2-6,13,16H,7-9H2,1H3,(H,19,21)/t13?,16-,26?/m0/s1. The van der Waals surface area contributed by atoms with Crippen LogP contribution in [-0.2, 0) is 36.7 Å². The highest BCUT2D eigenvalue weighted by Gasteiger charge is 2.60. The Balaban J connectivity index is 1.75. The first-order valence-corrected chi connectivity index (χ1v) is 10.4. The van der Waals surface area contributed by atoms with E-state index in [1.54, 1.807) is 0 Å². The SMILES string of the molecule is COC(=O)C1=C(CBr)C[S+]([O-])[C@H]2C(NC(=O)Cc3ccccc3)C(=O)N12. The van der Waals surface area contributed by atoms with E-state index >= 15 is 0 Å². The van der Waals surface area contributed by atoms with Crippen molar-refractivity contribution in [2.45, 2.75) is 17.8 Å². The molecular weight excluding hydrogens is 424 g/mol. The number of nitrogens with one attached hydrogen (secondary N) is 1. The van der Waals surface area contributed by atoms with Crippen LogP contribution in [0.3, 0.4) is 0 Å². The Morgan fingerprint density at radius 3 is 2.69 bits per heavy atom. The number of hydrogen-bond donors (Lipinski definition) is 1. The summed E-state index contributed by atoms with van der Waals surface area (Å²) < 4.78 is 17.3. The number of β-lactam (4-membered cyclic amide) rings is 1. The summed E-state index contributed by atoms with van der Waals surface area (Å²) >= 11 is 1.84. The summed E-state index contributed by atoms with van der Waals surface area (Å²) in [6, 6.07) is 8.22. The number of carbonyl (C=O) groups is 3. The van der Waals surface area contributed by atoms with Gasteiger partial charge in [-0.05, 0) is 16.7 Å². The number of rotatable bonds is 5. The number of ether oxygens (including phenoxy) is 1. The molecule has 2 aliphatic heterocycles. The number of alkyl halides is 1. The molecule has 0 aromatic heterocycles. The number of amides is 2. The van der Waals surface area contributed by atoms with E-state index in [2.05, 4.69) is 21.2 Å². The lowest BCUT2D eigenvalue weighted by Gasteiger charge is -2.49. The lowest BCUT2D eigenvalue weighted by molar-refractivity contribution is -0.152. The van der Waals surface area contributed by atoms with Crippen molar-refractivity contribution in [3.8, 4) is 0 Å². The monoisotopic (exact) mass is 440 g/mol. The van der Waals surface area contributed by atoms with Gasteiger partial charge in [0.25, 0.3) is 5.91 Å². The molecule has 0 aliphatic carbocycles. The summed E-state index contributed by atoms with van der Waals surface area (Å²) in [6.45, 7) is 0. The van der Waals surface area contributed by atoms with Crippen LogP contribution in [-0.4, -0.2) is 56.8 Å². The van der Waals surface area contributed by atoms with Gasteiger partial charge >= 0.3 is 5.97 Å². The van der Waals surface area contributed by atoms with Crippen molar-refractivity contribution >= 4 is 44.9 Å². The van der Waals surface area contributed by atoms with Gasteiger partial charge in [-0.15, -0.1) is 0 Å². The minimum atomic E-state index is -1.42. The Morgan fingerprint density at radius 1 is 1.38 bits per heavy atom. The largest absolute Gasteiger partial charge is 0.614 e. The normalized spacial score (nSPS) is 24.7. The molecule has 2 heterocycles. The molecule has 2 amide bonds. The van der Waals surface area contributed by atoms with Gasteiger partial charge < -0.3 is 14.6 Å². The number of fused-ring (bicyclic) bond motifs is 1. The van der Waals surface area contributed by atoms with Crippen LogP contribution < -0.4 is 5.32 Å². The molecule has 1 fully saturated rings. The highest BCUT2D eigenvalue weighted by Crippen LogP contribution is 2.37. The van der Waals surface area contributed by atoms with Crippen molar-refractivity contribution < 1.29 is 23.7 Å². The summed E-state index contributed by atoms with van der Waals surface area (Å²) in [5.74, 6) is -1.29. The second-order valence-corrected chi connectivity index (χ2v) is 8.00. The Kier molecular flexibility index (Phi) is 5.69. The number of nitrogens with zero attached hydrogens (tertiary/aromatic N) is 1.